The number of amides is 1. The van der Waals surface area contributed by atoms with Gasteiger partial charge in [-0.3, -0.25) is 9.20 Å². The number of ether oxygens (including phenoxy) is 2. The van der Waals surface area contributed by atoms with Crippen LogP contribution in [0.4, 0.5) is 5.69 Å². The molecular formula is C25H21N5O3S. The number of carbonyl (C=O) groups excluding carboxylic acids is 1. The summed E-state index contributed by atoms with van der Waals surface area (Å²) in [7, 11) is 3.12. The number of hydrogen-bond donors (Lipinski definition) is 1. The van der Waals surface area contributed by atoms with Crippen LogP contribution in [0.5, 0.6) is 11.5 Å². The van der Waals surface area contributed by atoms with Gasteiger partial charge in [-0.25, -0.2) is 4.98 Å². The standard InChI is InChI=1S/C25H21N5O3S/c1-32-17-12-13-21(33-2)19(14-17)26-22(31)15-34-25-24-29-28-23(16-8-4-3-5-9-16)30(24)20-11-7-6-10-18(20)27-25/h3-14H,15H2,1-2H3,(H,26,31). The van der Waals surface area contributed by atoms with E-state index in [0.717, 1.165) is 22.4 Å². The van der Waals surface area contributed by atoms with Gasteiger partial charge in [0.2, 0.25) is 5.91 Å². The number of hydrogen-bond acceptors (Lipinski definition) is 7. The summed E-state index contributed by atoms with van der Waals surface area (Å²) in [5.74, 6) is 1.83. The summed E-state index contributed by atoms with van der Waals surface area (Å²) in [6.45, 7) is 0. The monoisotopic (exact) mass is 471 g/mol. The van der Waals surface area contributed by atoms with E-state index in [1.165, 1.54) is 11.8 Å². The molecule has 5 rings (SSSR count). The van der Waals surface area contributed by atoms with Gasteiger partial charge in [-0.1, -0.05) is 54.2 Å². The van der Waals surface area contributed by atoms with Crippen LogP contribution in [0.3, 0.4) is 0 Å². The maximum Gasteiger partial charge on any atom is 0.234 e. The molecule has 34 heavy (non-hydrogen) atoms. The maximum absolute atomic E-state index is 12.8. The smallest absolute Gasteiger partial charge is 0.234 e. The van der Waals surface area contributed by atoms with E-state index >= 15 is 0 Å². The van der Waals surface area contributed by atoms with Crippen LogP contribution in [0.15, 0.2) is 77.8 Å². The lowest BCUT2D eigenvalue weighted by atomic mass is 10.2. The summed E-state index contributed by atoms with van der Waals surface area (Å²) >= 11 is 1.31. The first-order chi connectivity index (χ1) is 16.7. The van der Waals surface area contributed by atoms with Crippen molar-refractivity contribution in [1.82, 2.24) is 19.6 Å². The van der Waals surface area contributed by atoms with Crippen LogP contribution in [-0.2, 0) is 4.79 Å². The van der Waals surface area contributed by atoms with Gasteiger partial charge in [0, 0.05) is 11.6 Å². The van der Waals surface area contributed by atoms with E-state index < -0.39 is 0 Å². The van der Waals surface area contributed by atoms with Gasteiger partial charge in [-0.05, 0) is 24.3 Å². The minimum atomic E-state index is -0.201. The van der Waals surface area contributed by atoms with Crippen molar-refractivity contribution in [2.75, 3.05) is 25.3 Å². The van der Waals surface area contributed by atoms with Crippen LogP contribution >= 0.6 is 11.8 Å². The van der Waals surface area contributed by atoms with E-state index in [1.54, 1.807) is 32.4 Å². The Labute approximate surface area is 199 Å². The van der Waals surface area contributed by atoms with Gasteiger partial charge in [-0.2, -0.15) is 0 Å². The predicted molar refractivity (Wildman–Crippen MR) is 133 cm³/mol. The van der Waals surface area contributed by atoms with Crippen molar-refractivity contribution in [3.63, 3.8) is 0 Å². The number of para-hydroxylation sites is 2. The van der Waals surface area contributed by atoms with Crippen LogP contribution in [0, 0.1) is 0 Å². The van der Waals surface area contributed by atoms with Crippen LogP contribution in [0.25, 0.3) is 28.1 Å². The summed E-state index contributed by atoms with van der Waals surface area (Å²) in [5, 5.41) is 12.4. The molecule has 0 aliphatic rings. The van der Waals surface area contributed by atoms with Gasteiger partial charge in [-0.15, -0.1) is 10.2 Å². The molecule has 0 radical (unpaired) electrons. The Hall–Kier alpha value is -4.11. The maximum atomic E-state index is 12.8. The zero-order valence-corrected chi connectivity index (χ0v) is 19.4. The first-order valence-electron chi connectivity index (χ1n) is 10.5. The molecule has 0 unspecified atom stereocenters. The third-order valence-electron chi connectivity index (χ3n) is 5.25. The highest BCUT2D eigenvalue weighted by Crippen LogP contribution is 2.31. The highest BCUT2D eigenvalue weighted by atomic mass is 32.2. The van der Waals surface area contributed by atoms with Gasteiger partial charge in [0.15, 0.2) is 11.5 Å². The second-order valence-electron chi connectivity index (χ2n) is 7.36. The van der Waals surface area contributed by atoms with Crippen LogP contribution in [0.1, 0.15) is 0 Å². The number of anilines is 1. The number of rotatable bonds is 7. The topological polar surface area (TPSA) is 90.6 Å². The van der Waals surface area contributed by atoms with Gasteiger partial charge >= 0.3 is 0 Å². The second-order valence-corrected chi connectivity index (χ2v) is 8.32. The highest BCUT2D eigenvalue weighted by Gasteiger charge is 2.18. The third-order valence-corrected chi connectivity index (χ3v) is 6.21. The first-order valence-corrected chi connectivity index (χ1v) is 11.5. The van der Waals surface area contributed by atoms with E-state index in [4.69, 9.17) is 14.5 Å². The van der Waals surface area contributed by atoms with Crippen molar-refractivity contribution in [3.8, 4) is 22.9 Å². The zero-order valence-electron chi connectivity index (χ0n) is 18.6. The quantitative estimate of drug-likeness (QED) is 0.344. The predicted octanol–water partition coefficient (Wildman–Crippen LogP) is 4.69. The fourth-order valence-corrected chi connectivity index (χ4v) is 4.43. The first kappa shape index (κ1) is 21.7. The van der Waals surface area contributed by atoms with E-state index in [-0.39, 0.29) is 11.7 Å². The fraction of sp³-hybridized carbons (Fsp3) is 0.120. The molecule has 3 aromatic carbocycles. The molecule has 2 heterocycles. The second kappa shape index (κ2) is 9.40. The molecule has 0 saturated carbocycles. The molecule has 1 amide bonds. The average molecular weight is 472 g/mol. The van der Waals surface area contributed by atoms with Crippen molar-refractivity contribution in [2.24, 2.45) is 0 Å². The van der Waals surface area contributed by atoms with Crippen molar-refractivity contribution < 1.29 is 14.3 Å². The molecule has 0 atom stereocenters. The number of fused-ring (bicyclic) bond motifs is 3. The number of nitrogens with zero attached hydrogens (tertiary/aromatic N) is 4. The number of carbonyl (C=O) groups is 1. The van der Waals surface area contributed by atoms with Gasteiger partial charge in [0.1, 0.15) is 16.5 Å². The Morgan fingerprint density at radius 2 is 1.76 bits per heavy atom. The minimum absolute atomic E-state index is 0.134. The minimum Gasteiger partial charge on any atom is -0.497 e. The van der Waals surface area contributed by atoms with Gasteiger partial charge in [0.25, 0.3) is 0 Å². The van der Waals surface area contributed by atoms with Gasteiger partial charge in [0.05, 0.1) is 36.7 Å². The van der Waals surface area contributed by atoms with E-state index in [1.807, 2.05) is 59.0 Å². The largest absolute Gasteiger partial charge is 0.497 e. The number of methoxy groups -OCH3 is 2. The Bertz CT molecular complexity index is 1490. The molecule has 1 N–H and O–H groups in total. The molecule has 5 aromatic rings. The molecule has 0 bridgehead atoms. The molecule has 0 aliphatic carbocycles. The zero-order chi connectivity index (χ0) is 23.5. The Morgan fingerprint density at radius 3 is 2.56 bits per heavy atom. The molecule has 8 nitrogen and oxygen atoms in total. The SMILES string of the molecule is COc1ccc(OC)c(NC(=O)CSc2nc3ccccc3n3c(-c4ccccc4)nnc23)c1. The molecule has 2 aromatic heterocycles. The third kappa shape index (κ3) is 4.13. The van der Waals surface area contributed by atoms with Crippen molar-refractivity contribution in [3.05, 3.63) is 72.8 Å². The molecule has 0 fully saturated rings. The summed E-state index contributed by atoms with van der Waals surface area (Å²) in [6.07, 6.45) is 0. The molecular weight excluding hydrogens is 450 g/mol. The summed E-state index contributed by atoms with van der Waals surface area (Å²) < 4.78 is 12.6. The average Bonchev–Trinajstić information content (AvgIpc) is 3.33. The van der Waals surface area contributed by atoms with Crippen LogP contribution in [0.2, 0.25) is 0 Å². The summed E-state index contributed by atoms with van der Waals surface area (Å²) in [6, 6.07) is 22.9. The number of aromatic nitrogens is 4. The summed E-state index contributed by atoms with van der Waals surface area (Å²) in [5.41, 5.74) is 3.79. The van der Waals surface area contributed by atoms with Gasteiger partial charge < -0.3 is 14.8 Å². The Morgan fingerprint density at radius 1 is 0.971 bits per heavy atom. The van der Waals surface area contributed by atoms with Crippen molar-refractivity contribution in [2.45, 2.75) is 5.03 Å². The van der Waals surface area contributed by atoms with Crippen LogP contribution in [-0.4, -0.2) is 45.5 Å². The Kier molecular flexibility index (Phi) is 6.01. The number of nitrogens with one attached hydrogen (secondary N) is 1. The lowest BCUT2D eigenvalue weighted by Gasteiger charge is -2.12. The lowest BCUT2D eigenvalue weighted by molar-refractivity contribution is -0.113. The van der Waals surface area contributed by atoms with E-state index in [0.29, 0.717) is 27.9 Å². The van der Waals surface area contributed by atoms with Crippen molar-refractivity contribution >= 4 is 40.0 Å². The van der Waals surface area contributed by atoms with Crippen molar-refractivity contribution in [1.29, 1.82) is 0 Å². The molecule has 0 spiro atoms. The lowest BCUT2D eigenvalue weighted by Crippen LogP contribution is -2.15. The molecule has 9 heteroatoms. The van der Waals surface area contributed by atoms with Crippen LogP contribution < -0.4 is 14.8 Å². The molecule has 170 valence electrons. The summed E-state index contributed by atoms with van der Waals surface area (Å²) in [4.78, 5) is 17.5. The van der Waals surface area contributed by atoms with E-state index in [9.17, 15) is 4.79 Å². The Balaban J connectivity index is 1.46. The number of thioether (sulfide) groups is 1. The fourth-order valence-electron chi connectivity index (χ4n) is 3.66. The number of benzene rings is 3. The highest BCUT2D eigenvalue weighted by molar-refractivity contribution is 8.00. The molecule has 0 saturated heterocycles. The normalized spacial score (nSPS) is 11.0. The van der Waals surface area contributed by atoms with E-state index in [2.05, 4.69) is 15.5 Å². The molecule has 0 aliphatic heterocycles.